The molecule has 0 amide bonds. The molecule has 1 heterocycles. The van der Waals surface area contributed by atoms with Gasteiger partial charge in [-0.1, -0.05) is 34.1 Å². The molecule has 27 heavy (non-hydrogen) atoms. The Kier molecular flexibility index (Phi) is 5.50. The second kappa shape index (κ2) is 8.19. The summed E-state index contributed by atoms with van der Waals surface area (Å²) in [4.78, 5) is 9.07. The minimum atomic E-state index is 0.622. The van der Waals surface area contributed by atoms with Crippen LogP contribution in [0.5, 0.6) is 0 Å². The quantitative estimate of drug-likeness (QED) is 0.206. The van der Waals surface area contributed by atoms with Crippen molar-refractivity contribution in [1.82, 2.24) is 4.98 Å². The van der Waals surface area contributed by atoms with Gasteiger partial charge in [-0.3, -0.25) is 4.99 Å². The highest BCUT2D eigenvalue weighted by Crippen LogP contribution is 2.27. The second-order valence-corrected chi connectivity index (χ2v) is 8.03. The van der Waals surface area contributed by atoms with Gasteiger partial charge in [-0.25, -0.2) is 4.98 Å². The Labute approximate surface area is 179 Å². The number of rotatable bonds is 4. The van der Waals surface area contributed by atoms with Crippen LogP contribution < -0.4 is 0 Å². The molecule has 0 aliphatic heterocycles. The Hall–Kier alpha value is -2.25. The molecule has 0 bridgehead atoms. The third-order valence-corrected chi connectivity index (χ3v) is 5.12. The summed E-state index contributed by atoms with van der Waals surface area (Å²) in [5, 5.41) is 0. The highest BCUT2D eigenvalue weighted by Gasteiger charge is 2.08. The molecule has 0 atom stereocenters. The number of benzene rings is 3. The van der Waals surface area contributed by atoms with Gasteiger partial charge in [0.05, 0.1) is 5.69 Å². The van der Waals surface area contributed by atoms with Crippen molar-refractivity contribution >= 4 is 67.6 Å². The molecular weight excluding hydrogens is 515 g/mol. The summed E-state index contributed by atoms with van der Waals surface area (Å²) >= 11 is 5.75. The maximum Gasteiger partial charge on any atom is 0.227 e. The minimum absolute atomic E-state index is 0.622. The lowest BCUT2D eigenvalue weighted by Crippen LogP contribution is -1.77. The first kappa shape index (κ1) is 18.1. The normalized spacial score (nSPS) is 11.8. The smallest absolute Gasteiger partial charge is 0.227 e. The first-order chi connectivity index (χ1) is 13.2. The van der Waals surface area contributed by atoms with Gasteiger partial charge < -0.3 is 4.42 Å². The number of nitrogens with zero attached hydrogens (tertiary/aromatic N) is 2. The van der Waals surface area contributed by atoms with Crippen LogP contribution in [0.1, 0.15) is 5.56 Å². The van der Waals surface area contributed by atoms with Crippen LogP contribution in [0.2, 0.25) is 0 Å². The van der Waals surface area contributed by atoms with Crippen LogP contribution in [0.3, 0.4) is 0 Å². The Bertz CT molecular complexity index is 1150. The van der Waals surface area contributed by atoms with Gasteiger partial charge in [-0.15, -0.1) is 0 Å². The van der Waals surface area contributed by atoms with Gasteiger partial charge in [-0.05, 0) is 88.8 Å². The lowest BCUT2D eigenvalue weighted by Gasteiger charge is -1.94. The van der Waals surface area contributed by atoms with Crippen LogP contribution in [0, 0.1) is 3.57 Å². The molecule has 5 heteroatoms. The lowest BCUT2D eigenvalue weighted by atomic mass is 10.2. The molecule has 0 aliphatic carbocycles. The number of hydrogen-bond acceptors (Lipinski definition) is 3. The molecule has 4 rings (SSSR count). The molecular formula is C22H14BrIN2O. The number of allylic oxidation sites excluding steroid dienone is 1. The van der Waals surface area contributed by atoms with E-state index in [0.29, 0.717) is 5.89 Å². The van der Waals surface area contributed by atoms with Crippen LogP contribution in [0.25, 0.3) is 28.6 Å². The van der Waals surface area contributed by atoms with Crippen molar-refractivity contribution in [2.24, 2.45) is 4.99 Å². The molecule has 1 aromatic heterocycles. The van der Waals surface area contributed by atoms with E-state index in [4.69, 9.17) is 4.42 Å². The zero-order chi connectivity index (χ0) is 18.6. The zero-order valence-corrected chi connectivity index (χ0v) is 17.9. The molecule has 0 spiro atoms. The average molecular weight is 529 g/mol. The number of fused-ring (bicyclic) bond motifs is 1. The summed E-state index contributed by atoms with van der Waals surface area (Å²) in [6.07, 6.45) is 5.71. The summed E-state index contributed by atoms with van der Waals surface area (Å²) in [6, 6.07) is 22.0. The van der Waals surface area contributed by atoms with Crippen LogP contribution in [-0.2, 0) is 0 Å². The molecule has 4 aromatic rings. The number of aliphatic imine (C=N–C) groups is 1. The van der Waals surface area contributed by atoms with Crippen LogP contribution >= 0.6 is 38.5 Å². The van der Waals surface area contributed by atoms with Gasteiger partial charge in [0.2, 0.25) is 5.89 Å². The highest BCUT2D eigenvalue weighted by molar-refractivity contribution is 14.1. The topological polar surface area (TPSA) is 38.4 Å². The largest absolute Gasteiger partial charge is 0.436 e. The van der Waals surface area contributed by atoms with E-state index >= 15 is 0 Å². The van der Waals surface area contributed by atoms with Crippen molar-refractivity contribution in [2.75, 3.05) is 0 Å². The summed E-state index contributed by atoms with van der Waals surface area (Å²) in [5.41, 5.74) is 4.48. The first-order valence-electron chi connectivity index (χ1n) is 8.30. The first-order valence-corrected chi connectivity index (χ1v) is 10.2. The minimum Gasteiger partial charge on any atom is -0.436 e. The van der Waals surface area contributed by atoms with E-state index in [0.717, 1.165) is 32.4 Å². The van der Waals surface area contributed by atoms with E-state index in [-0.39, 0.29) is 0 Å². The van der Waals surface area contributed by atoms with E-state index in [9.17, 15) is 0 Å². The molecule has 0 saturated heterocycles. The Balaban J connectivity index is 1.53. The maximum absolute atomic E-state index is 5.86. The van der Waals surface area contributed by atoms with Gasteiger partial charge >= 0.3 is 0 Å². The van der Waals surface area contributed by atoms with Crippen LogP contribution in [0.15, 0.2) is 86.7 Å². The van der Waals surface area contributed by atoms with Crippen LogP contribution in [0.4, 0.5) is 5.69 Å². The van der Waals surface area contributed by atoms with Gasteiger partial charge in [0, 0.05) is 19.8 Å². The second-order valence-electron chi connectivity index (χ2n) is 5.87. The van der Waals surface area contributed by atoms with Crippen molar-refractivity contribution in [2.45, 2.75) is 0 Å². The van der Waals surface area contributed by atoms with Crippen LogP contribution in [-0.4, -0.2) is 11.2 Å². The van der Waals surface area contributed by atoms with E-state index in [1.165, 1.54) is 3.57 Å². The van der Waals surface area contributed by atoms with E-state index in [1.807, 2.05) is 72.8 Å². The summed E-state index contributed by atoms with van der Waals surface area (Å²) < 4.78 is 8.10. The standard InChI is InChI=1S/C22H14BrIN2O/c23-17-5-1-3-15(13-17)4-2-12-25-19-10-11-21-20(14-19)26-22(27-21)16-6-8-18(24)9-7-16/h1-14H/b4-2+,25-12?. The third kappa shape index (κ3) is 4.54. The predicted molar refractivity (Wildman–Crippen MR) is 123 cm³/mol. The molecule has 0 radical (unpaired) electrons. The molecule has 132 valence electrons. The van der Waals surface area contributed by atoms with Gasteiger partial charge in [-0.2, -0.15) is 0 Å². The molecule has 0 unspecified atom stereocenters. The Morgan fingerprint density at radius 3 is 2.67 bits per heavy atom. The van der Waals surface area contributed by atoms with E-state index in [1.54, 1.807) is 6.21 Å². The summed E-state index contributed by atoms with van der Waals surface area (Å²) in [7, 11) is 0. The fourth-order valence-electron chi connectivity index (χ4n) is 2.61. The van der Waals surface area contributed by atoms with E-state index in [2.05, 4.69) is 54.6 Å². The Morgan fingerprint density at radius 2 is 1.85 bits per heavy atom. The summed E-state index contributed by atoms with van der Waals surface area (Å²) in [5.74, 6) is 0.622. The molecule has 0 N–H and O–H groups in total. The van der Waals surface area contributed by atoms with Crippen molar-refractivity contribution in [1.29, 1.82) is 0 Å². The number of halogens is 2. The number of oxazole rings is 1. The molecule has 0 fully saturated rings. The van der Waals surface area contributed by atoms with E-state index < -0.39 is 0 Å². The Morgan fingerprint density at radius 1 is 1.00 bits per heavy atom. The fraction of sp³-hybridized carbons (Fsp3) is 0. The molecule has 0 aliphatic rings. The fourth-order valence-corrected chi connectivity index (χ4v) is 3.38. The van der Waals surface area contributed by atoms with Gasteiger partial charge in [0.1, 0.15) is 5.52 Å². The molecule has 0 saturated carbocycles. The van der Waals surface area contributed by atoms with Gasteiger partial charge in [0.15, 0.2) is 5.58 Å². The maximum atomic E-state index is 5.86. The SMILES string of the molecule is Brc1cccc(/C=C/C=Nc2ccc3oc(-c4ccc(I)cc4)nc3c2)c1. The average Bonchev–Trinajstić information content (AvgIpc) is 3.09. The molecule has 3 nitrogen and oxygen atoms in total. The van der Waals surface area contributed by atoms with Crippen molar-refractivity contribution in [3.8, 4) is 11.5 Å². The highest BCUT2D eigenvalue weighted by atomic mass is 127. The number of aromatic nitrogens is 1. The molecule has 3 aromatic carbocycles. The number of hydrogen-bond donors (Lipinski definition) is 0. The monoisotopic (exact) mass is 528 g/mol. The van der Waals surface area contributed by atoms with Crippen molar-refractivity contribution in [3.63, 3.8) is 0 Å². The third-order valence-electron chi connectivity index (χ3n) is 3.91. The summed E-state index contributed by atoms with van der Waals surface area (Å²) in [6.45, 7) is 0. The van der Waals surface area contributed by atoms with Crippen molar-refractivity contribution < 1.29 is 4.42 Å². The van der Waals surface area contributed by atoms with Gasteiger partial charge in [0.25, 0.3) is 0 Å². The lowest BCUT2D eigenvalue weighted by molar-refractivity contribution is 0.620. The predicted octanol–water partition coefficient (Wildman–Crippen LogP) is 7.28. The van der Waals surface area contributed by atoms with Crippen molar-refractivity contribution in [3.05, 3.63) is 86.4 Å². The zero-order valence-electron chi connectivity index (χ0n) is 14.1.